The number of carbonyl (C=O) groups excluding carboxylic acids is 5. The Morgan fingerprint density at radius 3 is 2.19 bits per heavy atom. The SMILES string of the molecule is Cc1ccc(OCCNC(=O)[C@@H]2CC(=O)N[C@@H](Cc3ccccc3)C(=O)N(C)CC(=O)N[C@H](Cc3ccccc3)COc3ccccc3C(=O)N2)c(C)c1. The summed E-state index contributed by atoms with van der Waals surface area (Å²) in [6.45, 7) is 3.89. The first-order chi connectivity index (χ1) is 26.0. The molecule has 4 aromatic carbocycles. The van der Waals surface area contributed by atoms with E-state index < -0.39 is 54.1 Å². The van der Waals surface area contributed by atoms with Crippen molar-refractivity contribution in [3.05, 3.63) is 131 Å². The van der Waals surface area contributed by atoms with Crippen LogP contribution in [0.2, 0.25) is 0 Å². The molecular formula is C42H47N5O7. The number of nitrogens with zero attached hydrogens (tertiary/aromatic N) is 1. The van der Waals surface area contributed by atoms with Gasteiger partial charge in [0.2, 0.25) is 23.6 Å². The number of hydrogen-bond donors (Lipinski definition) is 4. The lowest BCUT2D eigenvalue weighted by Gasteiger charge is -2.26. The molecule has 0 fully saturated rings. The minimum atomic E-state index is -1.32. The third-order valence-corrected chi connectivity index (χ3v) is 8.94. The van der Waals surface area contributed by atoms with Crippen LogP contribution in [0, 0.1) is 13.8 Å². The summed E-state index contributed by atoms with van der Waals surface area (Å²) in [5.74, 6) is -1.91. The van der Waals surface area contributed by atoms with E-state index in [9.17, 15) is 24.0 Å². The quantitative estimate of drug-likeness (QED) is 0.193. The summed E-state index contributed by atoms with van der Waals surface area (Å²) in [7, 11) is 1.50. The van der Waals surface area contributed by atoms with Gasteiger partial charge in [0.1, 0.15) is 36.8 Å². The lowest BCUT2D eigenvalue weighted by atomic mass is 10.0. The Morgan fingerprint density at radius 1 is 0.815 bits per heavy atom. The number of para-hydroxylation sites is 1. The molecule has 4 N–H and O–H groups in total. The van der Waals surface area contributed by atoms with Gasteiger partial charge in [-0.25, -0.2) is 0 Å². The predicted molar refractivity (Wildman–Crippen MR) is 204 cm³/mol. The highest BCUT2D eigenvalue weighted by Crippen LogP contribution is 2.20. The normalized spacial score (nSPS) is 18.6. The fraction of sp³-hybridized carbons (Fsp3) is 0.310. The zero-order chi connectivity index (χ0) is 38.5. The molecule has 0 spiro atoms. The molecule has 12 heteroatoms. The average molecular weight is 734 g/mol. The standard InChI is InChI=1S/C42H47N5O7/c1-28-18-19-36(29(2)22-28)53-21-20-43-41(51)34-25-38(48)45-35(24-31-14-8-5-9-15-31)42(52)47(3)26-39(49)44-32(23-30-12-6-4-7-13-30)27-54-37-17-11-10-16-33(37)40(50)46-34/h4-19,22,32,34-35H,20-21,23-27H2,1-3H3,(H,43,51)(H,44,49)(H,45,48)(H,46,50)/t32-,34+,35+/m1/s1. The van der Waals surface area contributed by atoms with Gasteiger partial charge in [-0.1, -0.05) is 90.5 Å². The molecule has 4 aromatic rings. The largest absolute Gasteiger partial charge is 0.491 e. The number of nitrogens with one attached hydrogen (secondary N) is 4. The number of benzene rings is 4. The van der Waals surface area contributed by atoms with Gasteiger partial charge in [-0.3, -0.25) is 24.0 Å². The van der Waals surface area contributed by atoms with Crippen molar-refractivity contribution in [2.24, 2.45) is 0 Å². The molecule has 3 atom stereocenters. The van der Waals surface area contributed by atoms with Crippen molar-refractivity contribution in [1.82, 2.24) is 26.2 Å². The van der Waals surface area contributed by atoms with Crippen molar-refractivity contribution in [2.45, 2.75) is 51.2 Å². The lowest BCUT2D eigenvalue weighted by Crippen LogP contribution is -2.54. The van der Waals surface area contributed by atoms with Gasteiger partial charge in [0.15, 0.2) is 0 Å². The maximum absolute atomic E-state index is 13.9. The number of aryl methyl sites for hydroxylation is 2. The zero-order valence-corrected chi connectivity index (χ0v) is 30.8. The van der Waals surface area contributed by atoms with Crippen LogP contribution in [0.25, 0.3) is 0 Å². The lowest BCUT2D eigenvalue weighted by molar-refractivity contribution is -0.138. The van der Waals surface area contributed by atoms with Gasteiger partial charge in [0.25, 0.3) is 5.91 Å². The number of carbonyl (C=O) groups is 5. The second-order valence-electron chi connectivity index (χ2n) is 13.4. The first kappa shape index (κ1) is 39.0. The van der Waals surface area contributed by atoms with Crippen LogP contribution < -0.4 is 30.7 Å². The van der Waals surface area contributed by atoms with Gasteiger partial charge in [0, 0.05) is 13.5 Å². The van der Waals surface area contributed by atoms with Crippen LogP contribution >= 0.6 is 0 Å². The number of amides is 5. The van der Waals surface area contributed by atoms with Crippen molar-refractivity contribution < 1.29 is 33.4 Å². The van der Waals surface area contributed by atoms with E-state index in [1.54, 1.807) is 24.3 Å². The smallest absolute Gasteiger partial charge is 0.255 e. The van der Waals surface area contributed by atoms with Gasteiger partial charge in [-0.2, -0.15) is 0 Å². The molecule has 0 unspecified atom stereocenters. The molecule has 12 nitrogen and oxygen atoms in total. The molecule has 0 aliphatic carbocycles. The molecule has 54 heavy (non-hydrogen) atoms. The summed E-state index contributed by atoms with van der Waals surface area (Å²) in [6.07, 6.45) is 0.0788. The van der Waals surface area contributed by atoms with E-state index in [0.717, 1.165) is 22.3 Å². The summed E-state index contributed by atoms with van der Waals surface area (Å²) in [5.41, 5.74) is 3.92. The van der Waals surface area contributed by atoms with E-state index in [0.29, 0.717) is 12.2 Å². The fourth-order valence-corrected chi connectivity index (χ4v) is 6.21. The second kappa shape index (κ2) is 19.1. The highest BCUT2D eigenvalue weighted by molar-refractivity contribution is 6.01. The predicted octanol–water partition coefficient (Wildman–Crippen LogP) is 3.29. The molecule has 1 heterocycles. The highest BCUT2D eigenvalue weighted by atomic mass is 16.5. The molecular weight excluding hydrogens is 686 g/mol. The first-order valence-electron chi connectivity index (χ1n) is 18.0. The summed E-state index contributed by atoms with van der Waals surface area (Å²) < 4.78 is 12.0. The van der Waals surface area contributed by atoms with Gasteiger partial charge in [-0.05, 0) is 55.2 Å². The van der Waals surface area contributed by atoms with Gasteiger partial charge in [-0.15, -0.1) is 0 Å². The molecule has 0 bridgehead atoms. The summed E-state index contributed by atoms with van der Waals surface area (Å²) in [5, 5.41) is 11.2. The Bertz CT molecular complexity index is 1920. The molecule has 1 aliphatic heterocycles. The van der Waals surface area contributed by atoms with Crippen molar-refractivity contribution in [3.8, 4) is 11.5 Å². The maximum Gasteiger partial charge on any atom is 0.255 e. The van der Waals surface area contributed by atoms with E-state index in [-0.39, 0.29) is 44.0 Å². The summed E-state index contributed by atoms with van der Waals surface area (Å²) >= 11 is 0. The van der Waals surface area contributed by atoms with Crippen LogP contribution in [-0.4, -0.2) is 85.9 Å². The third-order valence-electron chi connectivity index (χ3n) is 8.94. The minimum Gasteiger partial charge on any atom is -0.491 e. The number of likely N-dealkylation sites (N-methyl/N-ethyl adjacent to an activating group) is 1. The number of rotatable bonds is 9. The Labute approximate surface area is 315 Å². The van der Waals surface area contributed by atoms with Crippen molar-refractivity contribution >= 4 is 29.5 Å². The van der Waals surface area contributed by atoms with E-state index in [1.165, 1.54) is 11.9 Å². The zero-order valence-electron chi connectivity index (χ0n) is 30.8. The third kappa shape index (κ3) is 11.4. The van der Waals surface area contributed by atoms with Crippen LogP contribution in [0.5, 0.6) is 11.5 Å². The van der Waals surface area contributed by atoms with Crippen molar-refractivity contribution in [3.63, 3.8) is 0 Å². The van der Waals surface area contributed by atoms with Crippen molar-refractivity contribution in [2.75, 3.05) is 33.4 Å². The number of fused-ring (bicyclic) bond motifs is 1. The Kier molecular flexibility index (Phi) is 13.8. The molecule has 0 radical (unpaired) electrons. The van der Waals surface area contributed by atoms with Gasteiger partial charge in [0.05, 0.1) is 31.1 Å². The minimum absolute atomic E-state index is 0.00360. The maximum atomic E-state index is 13.9. The van der Waals surface area contributed by atoms with E-state index in [2.05, 4.69) is 21.3 Å². The highest BCUT2D eigenvalue weighted by Gasteiger charge is 2.31. The molecule has 1 aliphatic rings. The summed E-state index contributed by atoms with van der Waals surface area (Å²) in [4.78, 5) is 69.6. The Morgan fingerprint density at radius 2 is 1.48 bits per heavy atom. The van der Waals surface area contributed by atoms with Crippen LogP contribution in [0.4, 0.5) is 0 Å². The number of hydrogen-bond acceptors (Lipinski definition) is 7. The van der Waals surface area contributed by atoms with Crippen LogP contribution in [0.1, 0.15) is 39.0 Å². The summed E-state index contributed by atoms with van der Waals surface area (Å²) in [6, 6.07) is 28.1. The molecule has 0 aromatic heterocycles. The van der Waals surface area contributed by atoms with Crippen LogP contribution in [0.15, 0.2) is 103 Å². The van der Waals surface area contributed by atoms with E-state index >= 15 is 0 Å². The second-order valence-corrected chi connectivity index (χ2v) is 13.4. The molecule has 0 saturated heterocycles. The Balaban J connectivity index is 1.40. The molecule has 282 valence electrons. The average Bonchev–Trinajstić information content (AvgIpc) is 3.16. The van der Waals surface area contributed by atoms with Crippen molar-refractivity contribution in [1.29, 1.82) is 0 Å². The van der Waals surface area contributed by atoms with E-state index in [4.69, 9.17) is 9.47 Å². The van der Waals surface area contributed by atoms with Crippen LogP contribution in [0.3, 0.4) is 0 Å². The van der Waals surface area contributed by atoms with Gasteiger partial charge >= 0.3 is 0 Å². The molecule has 0 saturated carbocycles. The number of ether oxygens (including phenoxy) is 2. The fourth-order valence-electron chi connectivity index (χ4n) is 6.21. The topological polar surface area (TPSA) is 155 Å². The monoisotopic (exact) mass is 733 g/mol. The first-order valence-corrected chi connectivity index (χ1v) is 18.0. The van der Waals surface area contributed by atoms with E-state index in [1.807, 2.05) is 92.7 Å². The Hall–Kier alpha value is -6.17. The van der Waals surface area contributed by atoms with Gasteiger partial charge < -0.3 is 35.6 Å². The molecule has 5 rings (SSSR count). The van der Waals surface area contributed by atoms with Crippen LogP contribution in [-0.2, 0) is 32.0 Å². The molecule has 5 amide bonds.